The lowest BCUT2D eigenvalue weighted by atomic mass is 10.3. The average Bonchev–Trinajstić information content (AvgIpc) is 2.76. The normalized spacial score (nSPS) is 15.8. The Labute approximate surface area is 129 Å². The van der Waals surface area contributed by atoms with Gasteiger partial charge in [-0.25, -0.2) is 9.37 Å². The molecule has 1 aliphatic rings. The summed E-state index contributed by atoms with van der Waals surface area (Å²) in [6.45, 7) is 7.42. The Bertz CT molecular complexity index is 661. The highest BCUT2D eigenvalue weighted by Crippen LogP contribution is 2.20. The number of nitrogens with zero attached hydrogens (tertiary/aromatic N) is 5. The fourth-order valence-corrected chi connectivity index (χ4v) is 2.79. The minimum atomic E-state index is -0.293. The number of hydrogen-bond acceptors (Lipinski definition) is 5. The first-order chi connectivity index (χ1) is 10.6. The zero-order valence-corrected chi connectivity index (χ0v) is 13.0. The van der Waals surface area contributed by atoms with Crippen LogP contribution >= 0.6 is 0 Å². The molecular weight excluding hydrogens is 281 g/mol. The zero-order valence-electron chi connectivity index (χ0n) is 13.0. The second kappa shape index (κ2) is 6.25. The van der Waals surface area contributed by atoms with E-state index in [1.54, 1.807) is 18.5 Å². The molecule has 2 aromatic rings. The summed E-state index contributed by atoms with van der Waals surface area (Å²) in [6, 6.07) is 1.54. The van der Waals surface area contributed by atoms with Gasteiger partial charge >= 0.3 is 0 Å². The summed E-state index contributed by atoms with van der Waals surface area (Å²) in [5, 5.41) is 0. The second-order valence-electron chi connectivity index (χ2n) is 5.61. The Morgan fingerprint density at radius 1 is 1.00 bits per heavy atom. The van der Waals surface area contributed by atoms with Gasteiger partial charge < -0.3 is 9.80 Å². The summed E-state index contributed by atoms with van der Waals surface area (Å²) in [4.78, 5) is 17.4. The van der Waals surface area contributed by atoms with Crippen molar-refractivity contribution in [1.82, 2.24) is 15.0 Å². The smallest absolute Gasteiger partial charge is 0.150 e. The van der Waals surface area contributed by atoms with Gasteiger partial charge in [-0.2, -0.15) is 0 Å². The monoisotopic (exact) mass is 301 g/mol. The van der Waals surface area contributed by atoms with E-state index in [4.69, 9.17) is 0 Å². The van der Waals surface area contributed by atoms with Gasteiger partial charge in [0.1, 0.15) is 11.6 Å². The van der Waals surface area contributed by atoms with Gasteiger partial charge in [-0.05, 0) is 20.3 Å². The standard InChI is InChI=1S/C16H20FN5/c1-12-9-19-13(2)16(20-12)22-5-3-4-21(6-7-22)15-8-14(17)10-18-11-15/h8-11H,3-7H2,1-2H3. The van der Waals surface area contributed by atoms with Crippen LogP contribution in [0.25, 0.3) is 0 Å². The molecule has 2 aromatic heterocycles. The molecular formula is C16H20FN5. The molecule has 0 aliphatic carbocycles. The van der Waals surface area contributed by atoms with Gasteiger partial charge in [0.25, 0.3) is 0 Å². The van der Waals surface area contributed by atoms with E-state index in [-0.39, 0.29) is 5.82 Å². The fraction of sp³-hybridized carbons (Fsp3) is 0.438. The molecule has 1 aliphatic heterocycles. The number of aryl methyl sites for hydroxylation is 2. The Kier molecular flexibility index (Phi) is 4.18. The molecule has 22 heavy (non-hydrogen) atoms. The first kappa shape index (κ1) is 14.7. The Morgan fingerprint density at radius 3 is 2.59 bits per heavy atom. The third kappa shape index (κ3) is 3.16. The van der Waals surface area contributed by atoms with Gasteiger partial charge in [-0.15, -0.1) is 0 Å². The van der Waals surface area contributed by atoms with Crippen LogP contribution in [-0.2, 0) is 0 Å². The molecule has 5 nitrogen and oxygen atoms in total. The lowest BCUT2D eigenvalue weighted by molar-refractivity contribution is 0.620. The zero-order chi connectivity index (χ0) is 15.5. The van der Waals surface area contributed by atoms with Crippen LogP contribution in [0.2, 0.25) is 0 Å². The summed E-state index contributed by atoms with van der Waals surface area (Å²) in [6.07, 6.45) is 5.74. The van der Waals surface area contributed by atoms with Crippen LogP contribution in [0.5, 0.6) is 0 Å². The molecule has 1 fully saturated rings. The third-order valence-electron chi connectivity index (χ3n) is 3.90. The molecule has 0 spiro atoms. The van der Waals surface area contributed by atoms with Crippen molar-refractivity contribution in [2.45, 2.75) is 20.3 Å². The van der Waals surface area contributed by atoms with Crippen LogP contribution in [-0.4, -0.2) is 41.1 Å². The number of hydrogen-bond donors (Lipinski definition) is 0. The van der Waals surface area contributed by atoms with Crippen molar-refractivity contribution in [1.29, 1.82) is 0 Å². The van der Waals surface area contributed by atoms with Crippen LogP contribution in [0.15, 0.2) is 24.7 Å². The molecule has 116 valence electrons. The first-order valence-electron chi connectivity index (χ1n) is 7.54. The van der Waals surface area contributed by atoms with Crippen molar-refractivity contribution in [3.8, 4) is 0 Å². The molecule has 3 rings (SSSR count). The van der Waals surface area contributed by atoms with Crippen molar-refractivity contribution in [2.75, 3.05) is 36.0 Å². The van der Waals surface area contributed by atoms with Crippen LogP contribution in [0, 0.1) is 19.7 Å². The van der Waals surface area contributed by atoms with Crippen molar-refractivity contribution in [3.05, 3.63) is 41.9 Å². The Balaban J connectivity index is 1.76. The molecule has 0 radical (unpaired) electrons. The van der Waals surface area contributed by atoms with E-state index in [9.17, 15) is 4.39 Å². The van der Waals surface area contributed by atoms with E-state index in [1.165, 1.54) is 6.20 Å². The maximum Gasteiger partial charge on any atom is 0.150 e. The quantitative estimate of drug-likeness (QED) is 0.852. The summed E-state index contributed by atoms with van der Waals surface area (Å²) >= 11 is 0. The molecule has 0 aromatic carbocycles. The minimum absolute atomic E-state index is 0.293. The predicted octanol–water partition coefficient (Wildman–Crippen LogP) is 2.34. The molecule has 0 saturated carbocycles. The van der Waals surface area contributed by atoms with E-state index >= 15 is 0 Å². The van der Waals surface area contributed by atoms with Crippen LogP contribution in [0.4, 0.5) is 15.9 Å². The predicted molar refractivity (Wildman–Crippen MR) is 84.7 cm³/mol. The largest absolute Gasteiger partial charge is 0.368 e. The minimum Gasteiger partial charge on any atom is -0.368 e. The molecule has 1 saturated heterocycles. The van der Waals surface area contributed by atoms with Gasteiger partial charge in [-0.1, -0.05) is 0 Å². The number of aromatic nitrogens is 3. The molecule has 0 atom stereocenters. The number of anilines is 2. The maximum atomic E-state index is 13.3. The van der Waals surface area contributed by atoms with E-state index in [0.29, 0.717) is 0 Å². The second-order valence-corrected chi connectivity index (χ2v) is 5.61. The summed E-state index contributed by atoms with van der Waals surface area (Å²) in [5.41, 5.74) is 2.72. The summed E-state index contributed by atoms with van der Waals surface area (Å²) in [7, 11) is 0. The molecule has 0 N–H and O–H groups in total. The van der Waals surface area contributed by atoms with Crippen molar-refractivity contribution in [3.63, 3.8) is 0 Å². The van der Waals surface area contributed by atoms with Crippen molar-refractivity contribution in [2.24, 2.45) is 0 Å². The van der Waals surface area contributed by atoms with Crippen molar-refractivity contribution < 1.29 is 4.39 Å². The van der Waals surface area contributed by atoms with E-state index in [2.05, 4.69) is 24.8 Å². The van der Waals surface area contributed by atoms with Crippen LogP contribution < -0.4 is 9.80 Å². The lowest BCUT2D eigenvalue weighted by Crippen LogP contribution is -2.32. The van der Waals surface area contributed by atoms with Gasteiger partial charge in [0.05, 0.1) is 29.5 Å². The third-order valence-corrected chi connectivity index (χ3v) is 3.90. The van der Waals surface area contributed by atoms with E-state index < -0.39 is 0 Å². The average molecular weight is 301 g/mol. The molecule has 0 unspecified atom stereocenters. The van der Waals surface area contributed by atoms with Crippen LogP contribution in [0.1, 0.15) is 17.8 Å². The summed E-state index contributed by atoms with van der Waals surface area (Å²) in [5.74, 6) is 0.665. The number of halogens is 1. The SMILES string of the molecule is Cc1cnc(C)c(N2CCCN(c3cncc(F)c3)CC2)n1. The first-order valence-corrected chi connectivity index (χ1v) is 7.54. The van der Waals surface area contributed by atoms with Gasteiger partial charge in [0.2, 0.25) is 0 Å². The summed E-state index contributed by atoms with van der Waals surface area (Å²) < 4.78 is 13.3. The highest BCUT2D eigenvalue weighted by molar-refractivity contribution is 5.47. The topological polar surface area (TPSA) is 45.2 Å². The lowest BCUT2D eigenvalue weighted by Gasteiger charge is -2.24. The molecule has 3 heterocycles. The Morgan fingerprint density at radius 2 is 1.77 bits per heavy atom. The van der Waals surface area contributed by atoms with Gasteiger partial charge in [-0.3, -0.25) is 9.97 Å². The molecule has 0 bridgehead atoms. The van der Waals surface area contributed by atoms with Gasteiger partial charge in [0, 0.05) is 38.4 Å². The highest BCUT2D eigenvalue weighted by Gasteiger charge is 2.18. The van der Waals surface area contributed by atoms with E-state index in [0.717, 1.165) is 55.5 Å². The van der Waals surface area contributed by atoms with Gasteiger partial charge in [0.15, 0.2) is 0 Å². The van der Waals surface area contributed by atoms with Crippen LogP contribution in [0.3, 0.4) is 0 Å². The number of rotatable bonds is 2. The van der Waals surface area contributed by atoms with Crippen molar-refractivity contribution >= 4 is 11.5 Å². The molecule has 0 amide bonds. The highest BCUT2D eigenvalue weighted by atomic mass is 19.1. The fourth-order valence-electron chi connectivity index (χ4n) is 2.79. The molecule has 6 heteroatoms. The van der Waals surface area contributed by atoms with E-state index in [1.807, 2.05) is 13.8 Å². The maximum absolute atomic E-state index is 13.3. The Hall–Kier alpha value is -2.24. The number of pyridine rings is 1.